The summed E-state index contributed by atoms with van der Waals surface area (Å²) in [4.78, 5) is 23.2. The minimum atomic E-state index is -0.194. The van der Waals surface area contributed by atoms with Gasteiger partial charge in [-0.05, 0) is 47.7 Å². The maximum absolute atomic E-state index is 11.8. The van der Waals surface area contributed by atoms with Crippen LogP contribution in [0.25, 0.3) is 0 Å². The molecule has 1 N–H and O–H groups in total. The van der Waals surface area contributed by atoms with Crippen molar-refractivity contribution in [2.24, 2.45) is 0 Å². The third-order valence-corrected chi connectivity index (χ3v) is 3.94. The zero-order valence-electron chi connectivity index (χ0n) is 9.64. The fourth-order valence-electron chi connectivity index (χ4n) is 1.51. The first-order chi connectivity index (χ1) is 8.56. The van der Waals surface area contributed by atoms with Crippen LogP contribution in [0.5, 0.6) is 0 Å². The van der Waals surface area contributed by atoms with Crippen molar-refractivity contribution in [1.29, 1.82) is 0 Å². The number of aromatic nitrogens is 1. The number of nitrogens with one attached hydrogen (secondary N) is 1. The van der Waals surface area contributed by atoms with Crippen molar-refractivity contribution >= 4 is 45.5 Å². The van der Waals surface area contributed by atoms with Gasteiger partial charge in [-0.2, -0.15) is 0 Å². The predicted molar refractivity (Wildman–Crippen MR) is 81.1 cm³/mol. The molecule has 4 nitrogen and oxygen atoms in total. The number of benzene rings is 1. The Labute approximate surface area is 122 Å². The molecule has 0 unspecified atom stereocenters. The van der Waals surface area contributed by atoms with Crippen LogP contribution in [0.3, 0.4) is 0 Å². The molecule has 1 aromatic heterocycles. The van der Waals surface area contributed by atoms with E-state index in [1.807, 2.05) is 31.2 Å². The normalized spacial score (nSPS) is 10.3. The molecule has 0 saturated heterocycles. The van der Waals surface area contributed by atoms with Gasteiger partial charge in [0.15, 0.2) is 0 Å². The number of nitrogens with zero attached hydrogens (tertiary/aromatic N) is 1. The Morgan fingerprint density at radius 2 is 2.28 bits per heavy atom. The van der Waals surface area contributed by atoms with E-state index in [0.717, 1.165) is 26.3 Å². The van der Waals surface area contributed by atoms with Gasteiger partial charge >= 0.3 is 4.87 Å². The number of anilines is 1. The topological polar surface area (TPSA) is 51.1 Å². The van der Waals surface area contributed by atoms with Crippen LogP contribution in [0.2, 0.25) is 0 Å². The van der Waals surface area contributed by atoms with E-state index in [0.29, 0.717) is 0 Å². The van der Waals surface area contributed by atoms with Crippen molar-refractivity contribution in [3.8, 4) is 0 Å². The maximum Gasteiger partial charge on any atom is 0.307 e. The number of halogens is 1. The molecule has 0 spiro atoms. The van der Waals surface area contributed by atoms with Crippen molar-refractivity contribution in [3.05, 3.63) is 48.6 Å². The molecule has 0 aliphatic rings. The molecule has 18 heavy (non-hydrogen) atoms. The number of hydrogen-bond acceptors (Lipinski definition) is 3. The van der Waals surface area contributed by atoms with E-state index in [-0.39, 0.29) is 17.3 Å². The summed E-state index contributed by atoms with van der Waals surface area (Å²) in [6, 6.07) is 7.52. The van der Waals surface area contributed by atoms with Crippen molar-refractivity contribution < 1.29 is 4.79 Å². The van der Waals surface area contributed by atoms with Crippen molar-refractivity contribution in [2.75, 3.05) is 5.32 Å². The van der Waals surface area contributed by atoms with Gasteiger partial charge in [-0.3, -0.25) is 14.2 Å². The monoisotopic (exact) mass is 374 g/mol. The molecular formula is C12H11IN2O2S. The predicted octanol–water partition coefficient (Wildman–Crippen LogP) is 2.46. The van der Waals surface area contributed by atoms with Crippen LogP contribution in [0, 0.1) is 10.5 Å². The number of amides is 1. The van der Waals surface area contributed by atoms with Gasteiger partial charge in [0.05, 0.1) is 0 Å². The lowest BCUT2D eigenvalue weighted by molar-refractivity contribution is -0.116. The molecule has 0 fully saturated rings. The van der Waals surface area contributed by atoms with Crippen molar-refractivity contribution in [2.45, 2.75) is 13.5 Å². The quantitative estimate of drug-likeness (QED) is 0.840. The van der Waals surface area contributed by atoms with Gasteiger partial charge in [-0.25, -0.2) is 0 Å². The maximum atomic E-state index is 11.8. The first-order valence-corrected chi connectivity index (χ1v) is 7.22. The van der Waals surface area contributed by atoms with E-state index >= 15 is 0 Å². The van der Waals surface area contributed by atoms with E-state index in [1.54, 1.807) is 5.38 Å². The first kappa shape index (κ1) is 13.3. The van der Waals surface area contributed by atoms with Gasteiger partial charge in [0, 0.05) is 20.3 Å². The van der Waals surface area contributed by atoms with Crippen LogP contribution in [0.15, 0.2) is 34.4 Å². The fourth-order valence-corrected chi connectivity index (χ4v) is 2.78. The molecular weight excluding hydrogens is 363 g/mol. The van der Waals surface area contributed by atoms with Crippen LogP contribution in [-0.2, 0) is 11.3 Å². The van der Waals surface area contributed by atoms with Gasteiger partial charge in [-0.15, -0.1) is 0 Å². The minimum absolute atomic E-state index is 0.0552. The third kappa shape index (κ3) is 3.20. The molecule has 1 aromatic carbocycles. The number of rotatable bonds is 3. The van der Waals surface area contributed by atoms with Crippen LogP contribution in [0.4, 0.5) is 5.69 Å². The molecule has 0 bridgehead atoms. The lowest BCUT2D eigenvalue weighted by Crippen LogP contribution is -2.25. The zero-order chi connectivity index (χ0) is 13.1. The van der Waals surface area contributed by atoms with E-state index in [2.05, 4.69) is 27.9 Å². The summed E-state index contributed by atoms with van der Waals surface area (Å²) < 4.78 is 2.52. The standard InChI is InChI=1S/C12H11IN2O2S/c1-8-7-18-12(17)15(8)6-11(16)14-10-4-2-3-9(13)5-10/h2-5,7H,6H2,1H3,(H,14,16). The summed E-state index contributed by atoms with van der Waals surface area (Å²) >= 11 is 3.29. The van der Waals surface area contributed by atoms with E-state index < -0.39 is 0 Å². The van der Waals surface area contributed by atoms with Gasteiger partial charge in [0.1, 0.15) is 6.54 Å². The average Bonchev–Trinajstić information content (AvgIpc) is 2.61. The highest BCUT2D eigenvalue weighted by atomic mass is 127. The SMILES string of the molecule is Cc1csc(=O)n1CC(=O)Nc1cccc(I)c1. The second kappa shape index (κ2) is 5.66. The van der Waals surface area contributed by atoms with Crippen molar-refractivity contribution in [3.63, 3.8) is 0 Å². The molecule has 1 heterocycles. The highest BCUT2D eigenvalue weighted by molar-refractivity contribution is 14.1. The lowest BCUT2D eigenvalue weighted by atomic mass is 10.3. The molecule has 0 aliphatic carbocycles. The van der Waals surface area contributed by atoms with Gasteiger partial charge in [0.2, 0.25) is 5.91 Å². The second-order valence-corrected chi connectivity index (χ2v) is 5.85. The Hall–Kier alpha value is -1.15. The Bertz CT molecular complexity index is 633. The summed E-state index contributed by atoms with van der Waals surface area (Å²) in [6.07, 6.45) is 0. The summed E-state index contributed by atoms with van der Waals surface area (Å²) in [5.74, 6) is -0.194. The molecule has 94 valence electrons. The third-order valence-electron chi connectivity index (χ3n) is 2.39. The molecule has 1 amide bonds. The highest BCUT2D eigenvalue weighted by Crippen LogP contribution is 2.12. The number of carbonyl (C=O) groups excluding carboxylic acids is 1. The van der Waals surface area contributed by atoms with Crippen LogP contribution < -0.4 is 10.2 Å². The molecule has 2 aromatic rings. The number of aryl methyl sites for hydroxylation is 1. The highest BCUT2D eigenvalue weighted by Gasteiger charge is 2.08. The molecule has 2 rings (SSSR count). The van der Waals surface area contributed by atoms with Gasteiger partial charge < -0.3 is 5.32 Å². The van der Waals surface area contributed by atoms with Crippen LogP contribution in [0.1, 0.15) is 5.69 Å². The summed E-state index contributed by atoms with van der Waals surface area (Å²) in [7, 11) is 0. The van der Waals surface area contributed by atoms with Crippen LogP contribution in [-0.4, -0.2) is 10.5 Å². The summed E-state index contributed by atoms with van der Waals surface area (Å²) in [6.45, 7) is 1.87. The molecule has 0 atom stereocenters. The Morgan fingerprint density at radius 3 is 2.89 bits per heavy atom. The molecule has 0 saturated carbocycles. The van der Waals surface area contributed by atoms with E-state index in [9.17, 15) is 9.59 Å². The van der Waals surface area contributed by atoms with Crippen LogP contribution >= 0.6 is 33.9 Å². The van der Waals surface area contributed by atoms with E-state index in [4.69, 9.17) is 0 Å². The Balaban J connectivity index is 2.08. The summed E-state index contributed by atoms with van der Waals surface area (Å²) in [5.41, 5.74) is 1.55. The molecule has 6 heteroatoms. The Morgan fingerprint density at radius 1 is 1.50 bits per heavy atom. The largest absolute Gasteiger partial charge is 0.325 e. The smallest absolute Gasteiger partial charge is 0.307 e. The number of thiazole rings is 1. The zero-order valence-corrected chi connectivity index (χ0v) is 12.6. The van der Waals surface area contributed by atoms with Gasteiger partial charge in [0.25, 0.3) is 0 Å². The van der Waals surface area contributed by atoms with Crippen molar-refractivity contribution in [1.82, 2.24) is 4.57 Å². The Kier molecular flexibility index (Phi) is 4.18. The number of hydrogen-bond donors (Lipinski definition) is 1. The second-order valence-electron chi connectivity index (χ2n) is 3.79. The van der Waals surface area contributed by atoms with Gasteiger partial charge in [-0.1, -0.05) is 17.4 Å². The fraction of sp³-hybridized carbons (Fsp3) is 0.167. The average molecular weight is 374 g/mol. The molecule has 0 aliphatic heterocycles. The minimum Gasteiger partial charge on any atom is -0.325 e. The number of carbonyl (C=O) groups is 1. The first-order valence-electron chi connectivity index (χ1n) is 5.26. The van der Waals surface area contributed by atoms with E-state index in [1.165, 1.54) is 4.57 Å². The lowest BCUT2D eigenvalue weighted by Gasteiger charge is -2.07. The summed E-state index contributed by atoms with van der Waals surface area (Å²) in [5, 5.41) is 4.53. The molecule has 0 radical (unpaired) electrons.